The van der Waals surface area contributed by atoms with E-state index < -0.39 is 0 Å². The maximum absolute atomic E-state index is 5.55. The van der Waals surface area contributed by atoms with E-state index >= 15 is 0 Å². The lowest BCUT2D eigenvalue weighted by Crippen LogP contribution is -2.39. The van der Waals surface area contributed by atoms with Gasteiger partial charge in [-0.3, -0.25) is 0 Å². The van der Waals surface area contributed by atoms with Crippen molar-refractivity contribution in [2.24, 2.45) is 0 Å². The summed E-state index contributed by atoms with van der Waals surface area (Å²) in [6.45, 7) is 3.22. The highest BCUT2D eigenvalue weighted by Crippen LogP contribution is 2.30. The van der Waals surface area contributed by atoms with Crippen LogP contribution in [0, 0.1) is 3.57 Å². The van der Waals surface area contributed by atoms with E-state index in [-0.39, 0.29) is 0 Å². The molecule has 3 aromatic rings. The zero-order valence-corrected chi connectivity index (χ0v) is 19.9. The molecule has 1 atom stereocenters. The molecule has 1 aliphatic rings. The molecule has 0 spiro atoms. The first kappa shape index (κ1) is 21.1. The molecule has 0 N–H and O–H groups in total. The Morgan fingerprint density at radius 1 is 1.00 bits per heavy atom. The van der Waals surface area contributed by atoms with Crippen molar-refractivity contribution in [1.29, 1.82) is 0 Å². The Morgan fingerprint density at radius 2 is 1.77 bits per heavy atom. The normalized spacial score (nSPS) is 15.8. The first-order valence-corrected chi connectivity index (χ1v) is 11.9. The van der Waals surface area contributed by atoms with Crippen LogP contribution in [0.1, 0.15) is 48.4 Å². The number of unbranched alkanes of at least 4 members (excludes halogenated alkanes) is 1. The fourth-order valence-electron chi connectivity index (χ4n) is 4.41. The zero-order valence-electron chi connectivity index (χ0n) is 17.8. The summed E-state index contributed by atoms with van der Waals surface area (Å²) in [5, 5.41) is 0. The minimum absolute atomic E-state index is 0.485. The van der Waals surface area contributed by atoms with Gasteiger partial charge in [0.15, 0.2) is 12.6 Å². The highest BCUT2D eigenvalue weighted by Gasteiger charge is 2.34. The summed E-state index contributed by atoms with van der Waals surface area (Å²) >= 11 is 2.38. The Bertz CT molecular complexity index is 1020. The van der Waals surface area contributed by atoms with E-state index in [4.69, 9.17) is 4.74 Å². The van der Waals surface area contributed by atoms with Crippen LogP contribution in [-0.4, -0.2) is 23.4 Å². The Hall–Kier alpha value is -2.14. The highest BCUT2D eigenvalue weighted by atomic mass is 127. The predicted octanol–water partition coefficient (Wildman–Crippen LogP) is 6.46. The van der Waals surface area contributed by atoms with E-state index in [0.717, 1.165) is 18.7 Å². The standard InChI is InChI=1S/C27H29INO/c1-3-4-10-24-17-22-18-25(30-2)15-16-26(22)27(21-11-13-23(28)14-12-21)29(24)19-20-8-6-5-7-9-20/h5-9,11-16,18,24H,3-4,10,17,19H2,1-2H3/q+1/t24-/m0/s1. The number of hydrogen-bond acceptors (Lipinski definition) is 1. The number of nitrogens with zero attached hydrogens (tertiary/aromatic N) is 1. The van der Waals surface area contributed by atoms with Gasteiger partial charge in [-0.05, 0) is 77.0 Å². The van der Waals surface area contributed by atoms with Crippen LogP contribution < -0.4 is 4.74 Å². The largest absolute Gasteiger partial charge is 0.497 e. The van der Waals surface area contributed by atoms with Crippen molar-refractivity contribution in [2.45, 2.75) is 45.2 Å². The summed E-state index contributed by atoms with van der Waals surface area (Å²) in [5.41, 5.74) is 6.73. The number of hydrogen-bond donors (Lipinski definition) is 0. The van der Waals surface area contributed by atoms with E-state index in [9.17, 15) is 0 Å². The Labute approximate surface area is 193 Å². The van der Waals surface area contributed by atoms with Gasteiger partial charge in [0.2, 0.25) is 5.71 Å². The van der Waals surface area contributed by atoms with E-state index in [0.29, 0.717) is 6.04 Å². The Kier molecular flexibility index (Phi) is 6.88. The van der Waals surface area contributed by atoms with Crippen LogP contribution >= 0.6 is 22.6 Å². The van der Waals surface area contributed by atoms with Gasteiger partial charge in [0.25, 0.3) is 0 Å². The third kappa shape index (κ3) is 4.61. The van der Waals surface area contributed by atoms with Gasteiger partial charge in [-0.1, -0.05) is 43.7 Å². The third-order valence-electron chi connectivity index (χ3n) is 5.96. The Balaban J connectivity index is 1.90. The lowest BCUT2D eigenvalue weighted by atomic mass is 9.87. The second-order valence-corrected chi connectivity index (χ2v) is 9.24. The Morgan fingerprint density at radius 3 is 2.47 bits per heavy atom. The summed E-state index contributed by atoms with van der Waals surface area (Å²) in [6, 6.07) is 26.9. The van der Waals surface area contributed by atoms with Crippen LogP contribution in [0.3, 0.4) is 0 Å². The molecule has 0 amide bonds. The van der Waals surface area contributed by atoms with Crippen LogP contribution in [0.5, 0.6) is 5.75 Å². The molecule has 0 bridgehead atoms. The van der Waals surface area contributed by atoms with Crippen molar-refractivity contribution in [1.82, 2.24) is 0 Å². The number of rotatable bonds is 7. The topological polar surface area (TPSA) is 12.2 Å². The van der Waals surface area contributed by atoms with Gasteiger partial charge in [0.1, 0.15) is 5.75 Å². The summed E-state index contributed by atoms with van der Waals surface area (Å²) < 4.78 is 9.47. The number of methoxy groups -OCH3 is 1. The van der Waals surface area contributed by atoms with Gasteiger partial charge in [-0.15, -0.1) is 0 Å². The second kappa shape index (κ2) is 9.78. The molecule has 4 rings (SSSR count). The predicted molar refractivity (Wildman–Crippen MR) is 133 cm³/mol. The van der Waals surface area contributed by atoms with Crippen molar-refractivity contribution in [3.8, 4) is 5.75 Å². The van der Waals surface area contributed by atoms with E-state index in [1.165, 1.54) is 50.8 Å². The molecular formula is C27H29INO+. The van der Waals surface area contributed by atoms with E-state index in [2.05, 4.69) is 107 Å². The maximum atomic E-state index is 5.55. The number of benzene rings is 3. The molecule has 0 saturated carbocycles. The number of ether oxygens (including phenoxy) is 1. The molecule has 0 aliphatic carbocycles. The molecule has 3 heteroatoms. The molecule has 1 heterocycles. The molecule has 3 aromatic carbocycles. The van der Waals surface area contributed by atoms with Gasteiger partial charge in [-0.25, -0.2) is 4.58 Å². The quantitative estimate of drug-likeness (QED) is 0.262. The molecule has 0 aromatic heterocycles. The van der Waals surface area contributed by atoms with Crippen molar-refractivity contribution in [3.63, 3.8) is 0 Å². The van der Waals surface area contributed by atoms with Gasteiger partial charge < -0.3 is 4.74 Å². The summed E-state index contributed by atoms with van der Waals surface area (Å²) in [4.78, 5) is 0. The molecule has 2 nitrogen and oxygen atoms in total. The highest BCUT2D eigenvalue weighted by molar-refractivity contribution is 14.1. The first-order valence-electron chi connectivity index (χ1n) is 10.8. The van der Waals surface area contributed by atoms with Crippen molar-refractivity contribution < 1.29 is 9.31 Å². The van der Waals surface area contributed by atoms with Crippen LogP contribution in [0.25, 0.3) is 0 Å². The molecular weight excluding hydrogens is 481 g/mol. The molecule has 0 fully saturated rings. The second-order valence-electron chi connectivity index (χ2n) is 7.99. The summed E-state index contributed by atoms with van der Waals surface area (Å²) in [6.07, 6.45) is 4.73. The summed E-state index contributed by atoms with van der Waals surface area (Å²) in [5.74, 6) is 0.946. The van der Waals surface area contributed by atoms with Gasteiger partial charge in [0, 0.05) is 27.5 Å². The minimum atomic E-state index is 0.485. The molecule has 30 heavy (non-hydrogen) atoms. The SMILES string of the molecule is CCCC[C@H]1Cc2cc(OC)ccc2C(c2ccc(I)cc2)=[N+]1Cc1ccccc1. The van der Waals surface area contributed by atoms with Gasteiger partial charge >= 0.3 is 0 Å². The molecule has 0 saturated heterocycles. The monoisotopic (exact) mass is 510 g/mol. The van der Waals surface area contributed by atoms with Crippen molar-refractivity contribution in [2.75, 3.05) is 7.11 Å². The lowest BCUT2D eigenvalue weighted by molar-refractivity contribution is -0.583. The number of fused-ring (bicyclic) bond motifs is 1. The van der Waals surface area contributed by atoms with Gasteiger partial charge in [-0.2, -0.15) is 0 Å². The first-order chi connectivity index (χ1) is 14.7. The van der Waals surface area contributed by atoms with E-state index in [1.807, 2.05) is 0 Å². The van der Waals surface area contributed by atoms with E-state index in [1.54, 1.807) is 7.11 Å². The van der Waals surface area contributed by atoms with Crippen molar-refractivity contribution in [3.05, 3.63) is 98.6 Å². The average Bonchev–Trinajstić information content (AvgIpc) is 2.78. The fraction of sp³-hybridized carbons (Fsp3) is 0.296. The molecule has 154 valence electrons. The molecule has 1 aliphatic heterocycles. The van der Waals surface area contributed by atoms with Crippen LogP contribution in [0.4, 0.5) is 0 Å². The van der Waals surface area contributed by atoms with Crippen molar-refractivity contribution >= 4 is 28.3 Å². The summed E-state index contributed by atoms with van der Waals surface area (Å²) in [7, 11) is 1.75. The van der Waals surface area contributed by atoms with Crippen LogP contribution in [0.15, 0.2) is 72.8 Å². The van der Waals surface area contributed by atoms with Crippen LogP contribution in [-0.2, 0) is 13.0 Å². The minimum Gasteiger partial charge on any atom is -0.497 e. The number of halogens is 1. The molecule has 0 radical (unpaired) electrons. The smallest absolute Gasteiger partial charge is 0.215 e. The van der Waals surface area contributed by atoms with Gasteiger partial charge in [0.05, 0.1) is 12.7 Å². The fourth-order valence-corrected chi connectivity index (χ4v) is 4.77. The third-order valence-corrected chi connectivity index (χ3v) is 6.67. The molecule has 0 unspecified atom stereocenters. The lowest BCUT2D eigenvalue weighted by Gasteiger charge is -2.26. The average molecular weight is 510 g/mol. The van der Waals surface area contributed by atoms with Crippen LogP contribution in [0.2, 0.25) is 0 Å². The maximum Gasteiger partial charge on any atom is 0.215 e. The zero-order chi connectivity index (χ0) is 20.9.